The smallest absolute Gasteiger partial charge is 0.314 e. The molecular formula is C13H13F3O2. The minimum absolute atomic E-state index is 0.0519. The number of halogens is 3. The molecule has 2 rings (SSSR count). The van der Waals surface area contributed by atoms with Gasteiger partial charge in [-0.1, -0.05) is 0 Å². The van der Waals surface area contributed by atoms with E-state index in [0.29, 0.717) is 0 Å². The van der Waals surface area contributed by atoms with E-state index in [9.17, 15) is 18.0 Å². The molecule has 0 atom stereocenters. The van der Waals surface area contributed by atoms with Gasteiger partial charge in [0.15, 0.2) is 11.6 Å². The Morgan fingerprint density at radius 2 is 1.89 bits per heavy atom. The molecule has 0 saturated heterocycles. The van der Waals surface area contributed by atoms with Crippen molar-refractivity contribution < 1.29 is 23.1 Å². The minimum Gasteiger partial charge on any atom is -0.481 e. The van der Waals surface area contributed by atoms with Crippen LogP contribution in [0.4, 0.5) is 13.2 Å². The molecule has 1 aromatic carbocycles. The summed E-state index contributed by atoms with van der Waals surface area (Å²) in [6.07, 6.45) is 0.490. The number of hydrogen-bond acceptors (Lipinski definition) is 1. The molecule has 0 aromatic heterocycles. The van der Waals surface area contributed by atoms with Crippen LogP contribution in [0.2, 0.25) is 0 Å². The maximum Gasteiger partial charge on any atom is 0.314 e. The Balaban J connectivity index is 2.61. The number of alkyl halides is 1. The van der Waals surface area contributed by atoms with E-state index in [-0.39, 0.29) is 24.0 Å². The summed E-state index contributed by atoms with van der Waals surface area (Å²) in [5.74, 6) is -3.60. The van der Waals surface area contributed by atoms with Gasteiger partial charge in [0.05, 0.1) is 5.41 Å². The second-order valence-corrected chi connectivity index (χ2v) is 5.18. The highest BCUT2D eigenvalue weighted by atomic mass is 19.2. The second-order valence-electron chi connectivity index (χ2n) is 5.18. The van der Waals surface area contributed by atoms with Gasteiger partial charge in [-0.05, 0) is 44.4 Å². The van der Waals surface area contributed by atoms with Crippen molar-refractivity contribution in [3.05, 3.63) is 34.9 Å². The molecular weight excluding hydrogens is 245 g/mol. The molecule has 0 bridgehead atoms. The van der Waals surface area contributed by atoms with Gasteiger partial charge in [-0.15, -0.1) is 0 Å². The third-order valence-corrected chi connectivity index (χ3v) is 3.39. The number of benzene rings is 1. The third kappa shape index (κ3) is 1.87. The van der Waals surface area contributed by atoms with Gasteiger partial charge in [0.1, 0.15) is 5.67 Å². The quantitative estimate of drug-likeness (QED) is 0.903. The number of rotatable bonds is 3. The molecule has 0 amide bonds. The molecule has 1 aliphatic rings. The Bertz CT molecular complexity index is 514. The summed E-state index contributed by atoms with van der Waals surface area (Å²) in [6.45, 7) is 2.42. The number of carboxylic acid groups (broad SMARTS) is 1. The van der Waals surface area contributed by atoms with Gasteiger partial charge >= 0.3 is 5.97 Å². The maximum atomic E-state index is 13.8. The van der Waals surface area contributed by atoms with Crippen LogP contribution in [0.5, 0.6) is 0 Å². The molecule has 1 saturated carbocycles. The Labute approximate surface area is 102 Å². The first-order valence-corrected chi connectivity index (χ1v) is 5.61. The van der Waals surface area contributed by atoms with E-state index in [1.807, 2.05) is 0 Å². The molecule has 0 spiro atoms. The van der Waals surface area contributed by atoms with Crippen LogP contribution in [-0.2, 0) is 15.9 Å². The Kier molecular flexibility index (Phi) is 2.68. The SMILES string of the molecule is CC(C)(F)c1cc(F)c(F)c(C2(C(=O)O)CC2)c1. The highest BCUT2D eigenvalue weighted by Gasteiger charge is 2.54. The van der Waals surface area contributed by atoms with Gasteiger partial charge in [-0.2, -0.15) is 0 Å². The van der Waals surface area contributed by atoms with Crippen molar-refractivity contribution in [2.75, 3.05) is 0 Å². The Hall–Kier alpha value is -1.52. The fourth-order valence-corrected chi connectivity index (χ4v) is 2.00. The first kappa shape index (κ1) is 12.9. The highest BCUT2D eigenvalue weighted by molar-refractivity contribution is 5.85. The van der Waals surface area contributed by atoms with Gasteiger partial charge in [-0.3, -0.25) is 4.79 Å². The van der Waals surface area contributed by atoms with Crippen LogP contribution in [0.25, 0.3) is 0 Å². The zero-order valence-electron chi connectivity index (χ0n) is 10.1. The molecule has 0 unspecified atom stereocenters. The van der Waals surface area contributed by atoms with Crippen LogP contribution >= 0.6 is 0 Å². The summed E-state index contributed by atoms with van der Waals surface area (Å²) in [5, 5.41) is 9.08. The molecule has 1 N–H and O–H groups in total. The normalized spacial score (nSPS) is 17.6. The average Bonchev–Trinajstić information content (AvgIpc) is 3.01. The van der Waals surface area contributed by atoms with Crippen molar-refractivity contribution in [3.63, 3.8) is 0 Å². The second kappa shape index (κ2) is 3.73. The zero-order chi connectivity index (χ0) is 13.7. The van der Waals surface area contributed by atoms with Gasteiger partial charge < -0.3 is 5.11 Å². The average molecular weight is 258 g/mol. The molecule has 1 fully saturated rings. The van der Waals surface area contributed by atoms with E-state index in [1.54, 1.807) is 0 Å². The third-order valence-electron chi connectivity index (χ3n) is 3.39. The van der Waals surface area contributed by atoms with E-state index in [2.05, 4.69) is 0 Å². The van der Waals surface area contributed by atoms with Gasteiger partial charge in [-0.25, -0.2) is 13.2 Å². The summed E-state index contributed by atoms with van der Waals surface area (Å²) < 4.78 is 40.9. The molecule has 0 radical (unpaired) electrons. The fourth-order valence-electron chi connectivity index (χ4n) is 2.00. The van der Waals surface area contributed by atoms with Gasteiger partial charge in [0.2, 0.25) is 0 Å². The highest BCUT2D eigenvalue weighted by Crippen LogP contribution is 2.50. The summed E-state index contributed by atoms with van der Waals surface area (Å²) in [7, 11) is 0. The van der Waals surface area contributed by atoms with E-state index < -0.39 is 28.7 Å². The molecule has 2 nitrogen and oxygen atoms in total. The van der Waals surface area contributed by atoms with E-state index in [0.717, 1.165) is 12.1 Å². The van der Waals surface area contributed by atoms with E-state index in [4.69, 9.17) is 5.11 Å². The lowest BCUT2D eigenvalue weighted by Gasteiger charge is -2.19. The number of carbonyl (C=O) groups is 1. The minimum atomic E-state index is -1.85. The van der Waals surface area contributed by atoms with Crippen molar-refractivity contribution in [1.29, 1.82) is 0 Å². The van der Waals surface area contributed by atoms with Gasteiger partial charge in [0.25, 0.3) is 0 Å². The zero-order valence-corrected chi connectivity index (χ0v) is 10.1. The molecule has 1 aliphatic carbocycles. The Morgan fingerprint density at radius 1 is 1.33 bits per heavy atom. The van der Waals surface area contributed by atoms with E-state index in [1.165, 1.54) is 13.8 Å². The molecule has 0 aliphatic heterocycles. The van der Waals surface area contributed by atoms with Crippen molar-refractivity contribution in [1.82, 2.24) is 0 Å². The summed E-state index contributed by atoms with van der Waals surface area (Å²) >= 11 is 0. The number of aliphatic carboxylic acids is 1. The molecule has 5 heteroatoms. The van der Waals surface area contributed by atoms with Crippen LogP contribution < -0.4 is 0 Å². The lowest BCUT2D eigenvalue weighted by atomic mass is 9.90. The summed E-state index contributed by atoms with van der Waals surface area (Å²) in [4.78, 5) is 11.1. The topological polar surface area (TPSA) is 37.3 Å². The number of carboxylic acids is 1. The first-order valence-electron chi connectivity index (χ1n) is 5.61. The van der Waals surface area contributed by atoms with Crippen LogP contribution in [-0.4, -0.2) is 11.1 Å². The Morgan fingerprint density at radius 3 is 2.28 bits per heavy atom. The molecule has 98 valence electrons. The van der Waals surface area contributed by atoms with Crippen LogP contribution in [0.1, 0.15) is 37.8 Å². The van der Waals surface area contributed by atoms with Crippen molar-refractivity contribution >= 4 is 5.97 Å². The number of hydrogen-bond donors (Lipinski definition) is 1. The van der Waals surface area contributed by atoms with Crippen molar-refractivity contribution in [2.45, 2.75) is 37.8 Å². The first-order chi connectivity index (χ1) is 8.18. The standard InChI is InChI=1S/C13H13F3O2/c1-12(2,16)7-5-8(10(15)9(14)6-7)13(3-4-13)11(17)18/h5-6H,3-4H2,1-2H3,(H,17,18). The van der Waals surface area contributed by atoms with E-state index >= 15 is 0 Å². The monoisotopic (exact) mass is 258 g/mol. The largest absolute Gasteiger partial charge is 0.481 e. The lowest BCUT2D eigenvalue weighted by molar-refractivity contribution is -0.140. The molecule has 1 aromatic rings. The summed E-state index contributed by atoms with van der Waals surface area (Å²) in [5.41, 5.74) is -3.54. The van der Waals surface area contributed by atoms with Crippen LogP contribution in [0.3, 0.4) is 0 Å². The molecule has 0 heterocycles. The van der Waals surface area contributed by atoms with Crippen LogP contribution in [0.15, 0.2) is 12.1 Å². The lowest BCUT2D eigenvalue weighted by Crippen LogP contribution is -2.23. The van der Waals surface area contributed by atoms with Crippen LogP contribution in [0, 0.1) is 11.6 Å². The fraction of sp³-hybridized carbons (Fsp3) is 0.462. The summed E-state index contributed by atoms with van der Waals surface area (Å²) in [6, 6.07) is 1.90. The predicted molar refractivity (Wildman–Crippen MR) is 59.0 cm³/mol. The van der Waals surface area contributed by atoms with Gasteiger partial charge in [0, 0.05) is 5.56 Å². The molecule has 18 heavy (non-hydrogen) atoms. The van der Waals surface area contributed by atoms with Crippen molar-refractivity contribution in [2.24, 2.45) is 0 Å². The maximum absolute atomic E-state index is 13.8. The predicted octanol–water partition coefficient (Wildman–Crippen LogP) is 3.29. The van der Waals surface area contributed by atoms with Crippen molar-refractivity contribution in [3.8, 4) is 0 Å².